The van der Waals surface area contributed by atoms with E-state index >= 15 is 0 Å². The van der Waals surface area contributed by atoms with Crippen LogP contribution in [0.15, 0.2) is 0 Å². The molecular formula is C14H25NO. The number of nitrogens with one attached hydrogen (secondary N) is 1. The molecule has 3 aliphatic rings. The average Bonchev–Trinajstić information content (AvgIpc) is 2.77. The highest BCUT2D eigenvalue weighted by molar-refractivity contribution is 4.98. The summed E-state index contributed by atoms with van der Waals surface area (Å²) >= 11 is 0. The molecule has 1 aliphatic heterocycles. The first-order chi connectivity index (χ1) is 7.81. The summed E-state index contributed by atoms with van der Waals surface area (Å²) in [7, 11) is 0. The van der Waals surface area contributed by atoms with E-state index in [2.05, 4.69) is 12.2 Å². The molecule has 3 fully saturated rings. The Kier molecular flexibility index (Phi) is 2.97. The van der Waals surface area contributed by atoms with E-state index in [9.17, 15) is 0 Å². The van der Waals surface area contributed by atoms with Crippen LogP contribution in [0, 0.1) is 5.92 Å². The molecule has 0 aromatic rings. The van der Waals surface area contributed by atoms with Gasteiger partial charge in [0.1, 0.15) is 0 Å². The molecule has 2 nitrogen and oxygen atoms in total. The summed E-state index contributed by atoms with van der Waals surface area (Å²) in [5.41, 5.74) is 0.236. The molecule has 3 unspecified atom stereocenters. The summed E-state index contributed by atoms with van der Waals surface area (Å²) in [6, 6.07) is 0.657. The van der Waals surface area contributed by atoms with Gasteiger partial charge in [-0.05, 0) is 38.0 Å². The number of hydrogen-bond acceptors (Lipinski definition) is 2. The van der Waals surface area contributed by atoms with Crippen molar-refractivity contribution >= 4 is 0 Å². The molecule has 92 valence electrons. The smallest absolute Gasteiger partial charge is 0.0810 e. The van der Waals surface area contributed by atoms with Crippen molar-refractivity contribution in [2.45, 2.75) is 76.0 Å². The molecule has 0 radical (unpaired) electrons. The van der Waals surface area contributed by atoms with Crippen LogP contribution in [0.2, 0.25) is 0 Å². The van der Waals surface area contributed by atoms with E-state index in [1.165, 1.54) is 51.4 Å². The van der Waals surface area contributed by atoms with Crippen molar-refractivity contribution in [3.8, 4) is 0 Å². The van der Waals surface area contributed by atoms with Crippen LogP contribution in [0.4, 0.5) is 0 Å². The van der Waals surface area contributed by atoms with E-state index in [1.807, 2.05) is 0 Å². The van der Waals surface area contributed by atoms with E-state index < -0.39 is 0 Å². The molecule has 0 bridgehead atoms. The lowest BCUT2D eigenvalue weighted by molar-refractivity contribution is -0.146. The first-order valence-corrected chi connectivity index (χ1v) is 7.22. The maximum atomic E-state index is 6.47. The van der Waals surface area contributed by atoms with Crippen LogP contribution in [0.1, 0.15) is 58.3 Å². The molecule has 0 aromatic carbocycles. The highest BCUT2D eigenvalue weighted by Gasteiger charge is 2.44. The van der Waals surface area contributed by atoms with Crippen LogP contribution in [0.5, 0.6) is 0 Å². The molecule has 1 heterocycles. The summed E-state index contributed by atoms with van der Waals surface area (Å²) in [6.45, 7) is 3.44. The third-order valence-corrected chi connectivity index (χ3v) is 5.08. The predicted octanol–water partition coefficient (Wildman–Crippen LogP) is 2.87. The van der Waals surface area contributed by atoms with Crippen molar-refractivity contribution in [2.75, 3.05) is 6.54 Å². The fraction of sp³-hybridized carbons (Fsp3) is 1.00. The molecule has 2 saturated carbocycles. The van der Waals surface area contributed by atoms with E-state index in [1.54, 1.807) is 0 Å². The van der Waals surface area contributed by atoms with Crippen LogP contribution in [0.25, 0.3) is 0 Å². The average molecular weight is 223 g/mol. The second-order valence-corrected chi connectivity index (χ2v) is 6.12. The Labute approximate surface area is 99.1 Å². The zero-order chi connectivity index (χ0) is 11.0. The lowest BCUT2D eigenvalue weighted by Crippen LogP contribution is -2.59. The van der Waals surface area contributed by atoms with Crippen molar-refractivity contribution in [3.63, 3.8) is 0 Å². The van der Waals surface area contributed by atoms with Gasteiger partial charge in [0.25, 0.3) is 0 Å². The quantitative estimate of drug-likeness (QED) is 0.738. The number of fused-ring (bicyclic) bond motifs is 1. The van der Waals surface area contributed by atoms with E-state index in [0.29, 0.717) is 12.1 Å². The molecule has 0 amide bonds. The van der Waals surface area contributed by atoms with Crippen LogP contribution < -0.4 is 5.32 Å². The highest BCUT2D eigenvalue weighted by Crippen LogP contribution is 2.40. The molecule has 3 atom stereocenters. The van der Waals surface area contributed by atoms with Crippen molar-refractivity contribution in [3.05, 3.63) is 0 Å². The highest BCUT2D eigenvalue weighted by atomic mass is 16.5. The number of morpholine rings is 1. The zero-order valence-corrected chi connectivity index (χ0v) is 10.5. The standard InChI is InChI=1S/C14H25NO/c1-2-11-5-6-13-12(9-11)15-10-14(16-13)7-3-4-8-14/h11-13,15H,2-10H2,1H3. The molecule has 2 aliphatic carbocycles. The third-order valence-electron chi connectivity index (χ3n) is 5.08. The molecule has 2 heteroatoms. The van der Waals surface area contributed by atoms with Crippen molar-refractivity contribution in [2.24, 2.45) is 5.92 Å². The molecule has 16 heavy (non-hydrogen) atoms. The van der Waals surface area contributed by atoms with Gasteiger partial charge in [-0.1, -0.05) is 26.2 Å². The van der Waals surface area contributed by atoms with Gasteiger partial charge in [0.2, 0.25) is 0 Å². The largest absolute Gasteiger partial charge is 0.369 e. The minimum absolute atomic E-state index is 0.236. The van der Waals surface area contributed by atoms with Gasteiger partial charge < -0.3 is 10.1 Å². The van der Waals surface area contributed by atoms with Gasteiger partial charge >= 0.3 is 0 Å². The first kappa shape index (κ1) is 11.0. The lowest BCUT2D eigenvalue weighted by Gasteiger charge is -2.47. The maximum Gasteiger partial charge on any atom is 0.0810 e. The fourth-order valence-corrected chi connectivity index (χ4v) is 3.95. The molecule has 1 N–H and O–H groups in total. The van der Waals surface area contributed by atoms with Gasteiger partial charge in [-0.2, -0.15) is 0 Å². The topological polar surface area (TPSA) is 21.3 Å². The van der Waals surface area contributed by atoms with E-state index in [4.69, 9.17) is 4.74 Å². The lowest BCUT2D eigenvalue weighted by atomic mass is 9.80. The van der Waals surface area contributed by atoms with Gasteiger partial charge in [0, 0.05) is 12.6 Å². The van der Waals surface area contributed by atoms with Gasteiger partial charge in [-0.3, -0.25) is 0 Å². The van der Waals surface area contributed by atoms with E-state index in [-0.39, 0.29) is 5.60 Å². The summed E-state index contributed by atoms with van der Waals surface area (Å²) in [6.07, 6.45) is 11.2. The Morgan fingerprint density at radius 1 is 1.25 bits per heavy atom. The van der Waals surface area contributed by atoms with Crippen molar-refractivity contribution < 1.29 is 4.74 Å². The second kappa shape index (κ2) is 4.30. The number of rotatable bonds is 1. The van der Waals surface area contributed by atoms with Gasteiger partial charge in [0.05, 0.1) is 11.7 Å². The Balaban J connectivity index is 1.64. The van der Waals surface area contributed by atoms with E-state index in [0.717, 1.165) is 12.5 Å². The van der Waals surface area contributed by atoms with Crippen LogP contribution in [-0.4, -0.2) is 24.3 Å². The Bertz CT molecular complexity index is 247. The monoisotopic (exact) mass is 223 g/mol. The summed E-state index contributed by atoms with van der Waals surface area (Å²) in [4.78, 5) is 0. The number of ether oxygens (including phenoxy) is 1. The molecule has 1 saturated heterocycles. The van der Waals surface area contributed by atoms with Crippen molar-refractivity contribution in [1.29, 1.82) is 0 Å². The van der Waals surface area contributed by atoms with Crippen LogP contribution in [0.3, 0.4) is 0 Å². The second-order valence-electron chi connectivity index (χ2n) is 6.12. The number of hydrogen-bond donors (Lipinski definition) is 1. The van der Waals surface area contributed by atoms with Crippen molar-refractivity contribution in [1.82, 2.24) is 5.32 Å². The van der Waals surface area contributed by atoms with Crippen LogP contribution >= 0.6 is 0 Å². The van der Waals surface area contributed by atoms with Gasteiger partial charge in [-0.15, -0.1) is 0 Å². The third kappa shape index (κ3) is 1.91. The predicted molar refractivity (Wildman–Crippen MR) is 65.5 cm³/mol. The Morgan fingerprint density at radius 3 is 2.81 bits per heavy atom. The molecule has 1 spiro atoms. The summed E-state index contributed by atoms with van der Waals surface area (Å²) in [5, 5.41) is 3.79. The fourth-order valence-electron chi connectivity index (χ4n) is 3.95. The summed E-state index contributed by atoms with van der Waals surface area (Å²) in [5.74, 6) is 0.940. The summed E-state index contributed by atoms with van der Waals surface area (Å²) < 4.78 is 6.47. The van der Waals surface area contributed by atoms with Gasteiger partial charge in [-0.25, -0.2) is 0 Å². The minimum atomic E-state index is 0.236. The molecule has 0 aromatic heterocycles. The zero-order valence-electron chi connectivity index (χ0n) is 10.5. The Hall–Kier alpha value is -0.0800. The Morgan fingerprint density at radius 2 is 2.06 bits per heavy atom. The SMILES string of the molecule is CCC1CCC2OC3(CCCC3)CNC2C1. The van der Waals surface area contributed by atoms with Crippen LogP contribution in [-0.2, 0) is 4.74 Å². The first-order valence-electron chi connectivity index (χ1n) is 7.22. The minimum Gasteiger partial charge on any atom is -0.369 e. The molecule has 3 rings (SSSR count). The molecular weight excluding hydrogens is 198 g/mol. The normalized spacial score (nSPS) is 42.2. The van der Waals surface area contributed by atoms with Gasteiger partial charge in [0.15, 0.2) is 0 Å². The maximum absolute atomic E-state index is 6.47.